The number of carbonyl (C=O) groups is 1. The minimum absolute atomic E-state index is 0.257. The normalized spacial score (nSPS) is 12.2. The Morgan fingerprint density at radius 1 is 1.56 bits per heavy atom. The average molecular weight is 244 g/mol. The molecule has 4 nitrogen and oxygen atoms in total. The van der Waals surface area contributed by atoms with Crippen LogP contribution in [-0.2, 0) is 4.74 Å². The number of Topliss-reactive ketones (excluding diaryl/α,β-unsaturated/α-hetero) is 1. The van der Waals surface area contributed by atoms with Crippen molar-refractivity contribution in [3.05, 3.63) is 28.8 Å². The Kier molecular flexibility index (Phi) is 4.73. The molecule has 0 aliphatic heterocycles. The Bertz CT molecular complexity index is 381. The standard InChI is InChI=1S/C11H14ClNO3/c1-3-16-11(13)10(14)9-7(12)5-4-6-8(9)15-2/h4-6,11H,3,13H2,1-2H3. The molecule has 1 atom stereocenters. The smallest absolute Gasteiger partial charge is 0.211 e. The molecule has 5 heteroatoms. The van der Waals surface area contributed by atoms with E-state index >= 15 is 0 Å². The summed E-state index contributed by atoms with van der Waals surface area (Å²) in [6, 6.07) is 4.96. The fourth-order valence-corrected chi connectivity index (χ4v) is 1.57. The maximum Gasteiger partial charge on any atom is 0.211 e. The summed E-state index contributed by atoms with van der Waals surface area (Å²) in [7, 11) is 1.47. The molecule has 1 rings (SSSR count). The molecule has 16 heavy (non-hydrogen) atoms. The monoisotopic (exact) mass is 243 g/mol. The summed E-state index contributed by atoms with van der Waals surface area (Å²) in [6.45, 7) is 2.12. The third-order valence-electron chi connectivity index (χ3n) is 2.05. The summed E-state index contributed by atoms with van der Waals surface area (Å²) in [6.07, 6.45) is -1.02. The van der Waals surface area contributed by atoms with Crippen molar-refractivity contribution in [3.8, 4) is 5.75 Å². The van der Waals surface area contributed by atoms with Crippen molar-refractivity contribution in [2.45, 2.75) is 13.2 Å². The van der Waals surface area contributed by atoms with Crippen LogP contribution in [0, 0.1) is 0 Å². The number of benzene rings is 1. The van der Waals surface area contributed by atoms with E-state index in [1.54, 1.807) is 25.1 Å². The van der Waals surface area contributed by atoms with Gasteiger partial charge < -0.3 is 9.47 Å². The first kappa shape index (κ1) is 13.0. The first-order valence-corrected chi connectivity index (χ1v) is 5.23. The second-order valence-corrected chi connectivity index (χ2v) is 3.46. The van der Waals surface area contributed by atoms with Gasteiger partial charge in [-0.25, -0.2) is 0 Å². The molecule has 0 heterocycles. The molecule has 0 saturated carbocycles. The van der Waals surface area contributed by atoms with Gasteiger partial charge in [0.2, 0.25) is 5.78 Å². The summed E-state index contributed by atoms with van der Waals surface area (Å²) in [5.41, 5.74) is 5.82. The zero-order chi connectivity index (χ0) is 12.1. The lowest BCUT2D eigenvalue weighted by atomic mass is 10.1. The lowest BCUT2D eigenvalue weighted by Gasteiger charge is -2.14. The maximum atomic E-state index is 11.9. The van der Waals surface area contributed by atoms with Gasteiger partial charge in [-0.15, -0.1) is 0 Å². The Morgan fingerprint density at radius 3 is 2.81 bits per heavy atom. The van der Waals surface area contributed by atoms with Crippen LogP contribution in [0.2, 0.25) is 5.02 Å². The van der Waals surface area contributed by atoms with E-state index in [0.717, 1.165) is 0 Å². The van der Waals surface area contributed by atoms with Gasteiger partial charge in [0.15, 0.2) is 6.23 Å². The Morgan fingerprint density at radius 2 is 2.25 bits per heavy atom. The summed E-state index contributed by atoms with van der Waals surface area (Å²) in [5.74, 6) is 0.0111. The molecule has 0 saturated heterocycles. The molecule has 0 aliphatic carbocycles. The summed E-state index contributed by atoms with van der Waals surface area (Å²) in [5, 5.41) is 0.305. The summed E-state index contributed by atoms with van der Waals surface area (Å²) in [4.78, 5) is 11.9. The van der Waals surface area contributed by atoms with E-state index < -0.39 is 6.23 Å². The van der Waals surface area contributed by atoms with Gasteiger partial charge in [-0.1, -0.05) is 17.7 Å². The number of hydrogen-bond donors (Lipinski definition) is 1. The third kappa shape index (κ3) is 2.72. The average Bonchev–Trinajstić information content (AvgIpc) is 2.28. The van der Waals surface area contributed by atoms with E-state index in [9.17, 15) is 4.79 Å². The first-order chi connectivity index (χ1) is 7.61. The van der Waals surface area contributed by atoms with Gasteiger partial charge in [-0.05, 0) is 19.1 Å². The van der Waals surface area contributed by atoms with Crippen LogP contribution in [0.5, 0.6) is 5.75 Å². The molecule has 0 spiro atoms. The highest BCUT2D eigenvalue weighted by Crippen LogP contribution is 2.27. The lowest BCUT2D eigenvalue weighted by molar-refractivity contribution is 0.0477. The van der Waals surface area contributed by atoms with E-state index in [0.29, 0.717) is 17.4 Å². The molecule has 0 radical (unpaired) electrons. The summed E-state index contributed by atoms with van der Waals surface area (Å²) >= 11 is 5.94. The second-order valence-electron chi connectivity index (χ2n) is 3.06. The van der Waals surface area contributed by atoms with Crippen LogP contribution in [0.1, 0.15) is 17.3 Å². The van der Waals surface area contributed by atoms with Crippen molar-refractivity contribution >= 4 is 17.4 Å². The van der Waals surface area contributed by atoms with E-state index in [2.05, 4.69) is 0 Å². The SMILES string of the molecule is CCOC(N)C(=O)c1c(Cl)cccc1OC. The van der Waals surface area contributed by atoms with Gasteiger partial charge in [0.25, 0.3) is 0 Å². The highest BCUT2D eigenvalue weighted by Gasteiger charge is 2.22. The minimum Gasteiger partial charge on any atom is -0.496 e. The van der Waals surface area contributed by atoms with E-state index in [-0.39, 0.29) is 11.3 Å². The van der Waals surface area contributed by atoms with Crippen molar-refractivity contribution in [1.29, 1.82) is 0 Å². The van der Waals surface area contributed by atoms with E-state index in [1.807, 2.05) is 0 Å². The number of halogens is 1. The largest absolute Gasteiger partial charge is 0.496 e. The molecule has 0 bridgehead atoms. The second kappa shape index (κ2) is 5.84. The Hall–Kier alpha value is -1.10. The van der Waals surface area contributed by atoms with Gasteiger partial charge in [-0.2, -0.15) is 0 Å². The molecule has 1 unspecified atom stereocenters. The molecule has 0 fully saturated rings. The van der Waals surface area contributed by atoms with Crippen LogP contribution < -0.4 is 10.5 Å². The number of hydrogen-bond acceptors (Lipinski definition) is 4. The van der Waals surface area contributed by atoms with Gasteiger partial charge >= 0.3 is 0 Å². The number of methoxy groups -OCH3 is 1. The van der Waals surface area contributed by atoms with Crippen LogP contribution in [0.15, 0.2) is 18.2 Å². The summed E-state index contributed by atoms with van der Waals surface area (Å²) < 4.78 is 10.1. The molecule has 1 aromatic rings. The van der Waals surface area contributed by atoms with Crippen molar-refractivity contribution in [2.24, 2.45) is 5.73 Å². The van der Waals surface area contributed by atoms with Crippen LogP contribution in [0.25, 0.3) is 0 Å². The van der Waals surface area contributed by atoms with Gasteiger partial charge in [0.05, 0.1) is 17.7 Å². The van der Waals surface area contributed by atoms with Gasteiger partial charge in [-0.3, -0.25) is 10.5 Å². The number of ether oxygens (including phenoxy) is 2. The number of rotatable bonds is 5. The predicted molar refractivity (Wildman–Crippen MR) is 61.9 cm³/mol. The predicted octanol–water partition coefficient (Wildman–Crippen LogP) is 1.85. The molecule has 0 aliphatic rings. The van der Waals surface area contributed by atoms with Crippen molar-refractivity contribution < 1.29 is 14.3 Å². The van der Waals surface area contributed by atoms with E-state index in [1.165, 1.54) is 7.11 Å². The van der Waals surface area contributed by atoms with E-state index in [4.69, 9.17) is 26.8 Å². The molecule has 0 aromatic heterocycles. The minimum atomic E-state index is -1.02. The molecular formula is C11H14ClNO3. The number of nitrogens with two attached hydrogens (primary N) is 1. The van der Waals surface area contributed by atoms with Gasteiger partial charge in [0.1, 0.15) is 5.75 Å². The lowest BCUT2D eigenvalue weighted by Crippen LogP contribution is -2.33. The number of carbonyl (C=O) groups excluding carboxylic acids is 1. The maximum absolute atomic E-state index is 11.9. The molecule has 0 amide bonds. The van der Waals surface area contributed by atoms with Crippen molar-refractivity contribution in [3.63, 3.8) is 0 Å². The van der Waals surface area contributed by atoms with Crippen molar-refractivity contribution in [1.82, 2.24) is 0 Å². The highest BCUT2D eigenvalue weighted by atomic mass is 35.5. The quantitative estimate of drug-likeness (QED) is 0.633. The van der Waals surface area contributed by atoms with Crippen molar-refractivity contribution in [2.75, 3.05) is 13.7 Å². The fraction of sp³-hybridized carbons (Fsp3) is 0.364. The molecule has 2 N–H and O–H groups in total. The van der Waals surface area contributed by atoms with Crippen LogP contribution in [0.4, 0.5) is 0 Å². The van der Waals surface area contributed by atoms with Crippen LogP contribution in [-0.4, -0.2) is 25.7 Å². The molecule has 1 aromatic carbocycles. The Labute approximate surface area is 99.3 Å². The zero-order valence-corrected chi connectivity index (χ0v) is 9.95. The Balaban J connectivity index is 3.06. The topological polar surface area (TPSA) is 61.5 Å². The fourth-order valence-electron chi connectivity index (χ4n) is 1.31. The van der Waals surface area contributed by atoms with Gasteiger partial charge in [0, 0.05) is 6.61 Å². The zero-order valence-electron chi connectivity index (χ0n) is 9.20. The van der Waals surface area contributed by atoms with Crippen LogP contribution in [0.3, 0.4) is 0 Å². The molecular weight excluding hydrogens is 230 g/mol. The first-order valence-electron chi connectivity index (χ1n) is 4.85. The highest BCUT2D eigenvalue weighted by molar-refractivity contribution is 6.34. The van der Waals surface area contributed by atoms with Crippen LogP contribution >= 0.6 is 11.6 Å². The molecule has 88 valence electrons. The number of ketones is 1. The third-order valence-corrected chi connectivity index (χ3v) is 2.36.